The fraction of sp³-hybridized carbons (Fsp3) is 0.295. The molecule has 1 aliphatic heterocycles. The summed E-state index contributed by atoms with van der Waals surface area (Å²) in [6.07, 6.45) is 0. The molecule has 0 saturated carbocycles. The van der Waals surface area contributed by atoms with Gasteiger partial charge in [0.1, 0.15) is 0 Å². The molecule has 0 saturated heterocycles. The van der Waals surface area contributed by atoms with Crippen LogP contribution >= 0.6 is 0 Å². The molecule has 1 aliphatic rings. The molecule has 252 valence electrons. The molecule has 0 bridgehead atoms. The molecule has 4 nitrogen and oxygen atoms in total. The van der Waals surface area contributed by atoms with Gasteiger partial charge in [-0.2, -0.15) is 42.6 Å². The third kappa shape index (κ3) is 6.53. The topological polar surface area (TPSA) is 20.6 Å². The van der Waals surface area contributed by atoms with E-state index < -0.39 is 6.98 Å². The monoisotopic (exact) mass is 829 g/mol. The van der Waals surface area contributed by atoms with Crippen molar-refractivity contribution in [3.8, 4) is 17.2 Å². The summed E-state index contributed by atoms with van der Waals surface area (Å²) in [5, 5.41) is 2.23. The number of anilines is 3. The fourth-order valence-electron chi connectivity index (χ4n) is 6.32. The van der Waals surface area contributed by atoms with Crippen LogP contribution in [-0.2, 0) is 37.3 Å². The largest absolute Gasteiger partial charge is 4.00 e. The average molecular weight is 830 g/mol. The van der Waals surface area contributed by atoms with Crippen molar-refractivity contribution >= 4 is 38.9 Å². The van der Waals surface area contributed by atoms with Crippen LogP contribution < -0.4 is 14.5 Å². The molecule has 0 atom stereocenters. The van der Waals surface area contributed by atoms with Crippen molar-refractivity contribution in [2.45, 2.75) is 78.6 Å². The van der Waals surface area contributed by atoms with E-state index >= 15 is 0 Å². The van der Waals surface area contributed by atoms with Gasteiger partial charge in [-0.15, -0.1) is 47.5 Å². The van der Waals surface area contributed by atoms with E-state index in [1.54, 1.807) is 6.67 Å². The minimum absolute atomic E-state index is 0. The van der Waals surface area contributed by atoms with Crippen molar-refractivity contribution < 1.29 is 29.9 Å². The van der Waals surface area contributed by atoms with Gasteiger partial charge in [0.15, 0.2) is 0 Å². The molecule has 0 amide bonds. The van der Waals surface area contributed by atoms with Crippen molar-refractivity contribution in [3.05, 3.63) is 126 Å². The van der Waals surface area contributed by atoms with Gasteiger partial charge in [0.2, 0.25) is 0 Å². The number of nitrogens with zero attached hydrogens (tertiary/aromatic N) is 3. The molecule has 49 heavy (non-hydrogen) atoms. The number of hydrogen-bond acceptors (Lipinski definition) is 3. The van der Waals surface area contributed by atoms with Crippen LogP contribution in [0.2, 0.25) is 0 Å². The summed E-state index contributed by atoms with van der Waals surface area (Å²) in [4.78, 5) is 3.22. The van der Waals surface area contributed by atoms with Crippen LogP contribution in [0.3, 0.4) is 0 Å². The van der Waals surface area contributed by atoms with Crippen LogP contribution in [0.4, 0.5) is 17.1 Å². The Morgan fingerprint density at radius 2 is 1.33 bits per heavy atom. The maximum Gasteiger partial charge on any atom is 4.00 e. The Labute approximate surface area is 311 Å². The van der Waals surface area contributed by atoms with E-state index in [4.69, 9.17) is 8.85 Å². The molecule has 5 heteroatoms. The maximum absolute atomic E-state index is 8.26. The van der Waals surface area contributed by atoms with Crippen molar-refractivity contribution in [3.63, 3.8) is 0 Å². The molecule has 1 aromatic heterocycles. The first-order chi connectivity index (χ1) is 23.8. The first-order valence-corrected chi connectivity index (χ1v) is 16.6. The Kier molecular flexibility index (Phi) is 7.84. The average Bonchev–Trinajstić information content (AvgIpc) is 3.59. The molecule has 5 aromatic carbocycles. The van der Waals surface area contributed by atoms with Gasteiger partial charge < -0.3 is 19.1 Å². The smallest absolute Gasteiger partial charge is 0.509 e. The Balaban J connectivity index is 0.00000464. The minimum Gasteiger partial charge on any atom is -0.509 e. The summed E-state index contributed by atoms with van der Waals surface area (Å²) < 4.78 is 33.5. The predicted octanol–water partition coefficient (Wildman–Crippen LogP) is 11.6. The minimum atomic E-state index is -2.35. The SMILES string of the molecule is [2H]C([2H])([2H])N1[CH-]N(c2[c-]c(Oc3[c-]c4c(cc3)c3cc(C(C)(C)C)ccc3n4-c3[c-]ccc(C(C)(C)C)c3)ccc2)c2ccc(C(C)(C)C)cc21.[Pt+4]. The standard InChI is InChI=1S/C44H45N3O.Pt/c1-42(2,3)29-13-11-15-33(23-29)47-38-21-17-30(43(4,5)6)24-37(38)36-20-19-35(27-40(36)47)48-34-16-12-14-32(26-34)46-28-45(10)41-25-31(44(7,8)9)18-22-39(41)46;/h11-14,16-25,28H,1-10H3;/q-4;+4/i10D3;. The van der Waals surface area contributed by atoms with E-state index in [9.17, 15) is 0 Å². The van der Waals surface area contributed by atoms with Crippen molar-refractivity contribution in [2.75, 3.05) is 16.8 Å². The van der Waals surface area contributed by atoms with Gasteiger partial charge in [0.05, 0.1) is 0 Å². The van der Waals surface area contributed by atoms with Crippen LogP contribution in [-0.4, -0.2) is 11.5 Å². The molecule has 7 rings (SSSR count). The molecule has 0 unspecified atom stereocenters. The van der Waals surface area contributed by atoms with Crippen molar-refractivity contribution in [2.24, 2.45) is 0 Å². The normalized spacial score (nSPS) is 14.8. The number of rotatable bonds is 4. The number of aromatic nitrogens is 1. The molecule has 0 N–H and O–H groups in total. The summed E-state index contributed by atoms with van der Waals surface area (Å²) in [6.45, 7) is 19.0. The van der Waals surface area contributed by atoms with Gasteiger partial charge in [0.25, 0.3) is 0 Å². The molecule has 0 aliphatic carbocycles. The molecule has 0 radical (unpaired) electrons. The molecular formula is C44H45N3OPt. The zero-order valence-electron chi connectivity index (χ0n) is 32.7. The Hall–Kier alpha value is -4.01. The van der Waals surface area contributed by atoms with Gasteiger partial charge in [-0.1, -0.05) is 91.7 Å². The van der Waals surface area contributed by atoms with Gasteiger partial charge in [0, 0.05) is 32.5 Å². The van der Waals surface area contributed by atoms with Crippen molar-refractivity contribution in [1.29, 1.82) is 0 Å². The Bertz CT molecular complexity index is 2290. The summed E-state index contributed by atoms with van der Waals surface area (Å²) >= 11 is 0. The molecule has 2 heterocycles. The first-order valence-electron chi connectivity index (χ1n) is 18.1. The number of hydrogen-bond donors (Lipinski definition) is 0. The third-order valence-corrected chi connectivity index (χ3v) is 9.23. The second kappa shape index (κ2) is 12.4. The molecule has 6 aromatic rings. The van der Waals surface area contributed by atoms with E-state index in [1.807, 2.05) is 47.4 Å². The van der Waals surface area contributed by atoms with Crippen LogP contribution in [0.5, 0.6) is 11.5 Å². The first kappa shape index (κ1) is 31.0. The Morgan fingerprint density at radius 3 is 2.04 bits per heavy atom. The molecular weight excluding hydrogens is 782 g/mol. The number of benzene rings is 5. The van der Waals surface area contributed by atoms with Gasteiger partial charge in [-0.3, -0.25) is 0 Å². The van der Waals surface area contributed by atoms with E-state index in [1.165, 1.54) is 16.0 Å². The van der Waals surface area contributed by atoms with Gasteiger partial charge >= 0.3 is 21.1 Å². The quantitative estimate of drug-likeness (QED) is 0.165. The van der Waals surface area contributed by atoms with E-state index in [0.29, 0.717) is 22.9 Å². The van der Waals surface area contributed by atoms with E-state index in [0.717, 1.165) is 38.7 Å². The van der Waals surface area contributed by atoms with E-state index in [-0.39, 0.29) is 37.3 Å². The van der Waals surface area contributed by atoms with Gasteiger partial charge in [-0.25, -0.2) is 0 Å². The second-order valence-electron chi connectivity index (χ2n) is 15.9. The van der Waals surface area contributed by atoms with Crippen LogP contribution in [0.25, 0.3) is 27.5 Å². The Morgan fingerprint density at radius 1 is 0.653 bits per heavy atom. The predicted molar refractivity (Wildman–Crippen MR) is 201 cm³/mol. The molecule has 0 fully saturated rings. The summed E-state index contributed by atoms with van der Waals surface area (Å²) in [6, 6.07) is 39.3. The van der Waals surface area contributed by atoms with Crippen LogP contribution in [0.15, 0.2) is 84.9 Å². The number of fused-ring (bicyclic) bond motifs is 4. The van der Waals surface area contributed by atoms with Crippen LogP contribution in [0.1, 0.15) is 83.1 Å². The fourth-order valence-corrected chi connectivity index (χ4v) is 6.32. The van der Waals surface area contributed by atoms with E-state index in [2.05, 4.69) is 128 Å². The zero-order chi connectivity index (χ0) is 36.7. The summed E-state index contributed by atoms with van der Waals surface area (Å²) in [5.74, 6) is 1.04. The zero-order valence-corrected chi connectivity index (χ0v) is 32.0. The summed E-state index contributed by atoms with van der Waals surface area (Å²) in [5.41, 5.74) is 8.40. The second-order valence-corrected chi connectivity index (χ2v) is 15.9. The van der Waals surface area contributed by atoms with Crippen molar-refractivity contribution in [1.82, 2.24) is 4.57 Å². The summed E-state index contributed by atoms with van der Waals surface area (Å²) in [7, 11) is 0. The number of ether oxygens (including phenoxy) is 1. The third-order valence-electron chi connectivity index (χ3n) is 9.23. The van der Waals surface area contributed by atoms with Gasteiger partial charge in [-0.05, 0) is 57.9 Å². The molecule has 0 spiro atoms. The van der Waals surface area contributed by atoms with Crippen LogP contribution in [0, 0.1) is 24.9 Å². The maximum atomic E-state index is 8.26.